The Morgan fingerprint density at radius 1 is 1.33 bits per heavy atom. The Labute approximate surface area is 75.1 Å². The van der Waals surface area contributed by atoms with Gasteiger partial charge >= 0.3 is 0 Å². The zero-order valence-corrected chi connectivity index (χ0v) is 8.03. The summed E-state index contributed by atoms with van der Waals surface area (Å²) in [4.78, 5) is 0. The Morgan fingerprint density at radius 2 is 2.08 bits per heavy atom. The molecular formula is C10H19NO. The van der Waals surface area contributed by atoms with Crippen LogP contribution >= 0.6 is 0 Å². The van der Waals surface area contributed by atoms with E-state index in [0.717, 1.165) is 11.0 Å². The molecule has 2 nitrogen and oxygen atoms in total. The summed E-state index contributed by atoms with van der Waals surface area (Å²) in [6.45, 7) is 4.68. The van der Waals surface area contributed by atoms with Crippen molar-refractivity contribution >= 4 is 0 Å². The first kappa shape index (κ1) is 11.4. The molecule has 0 aromatic carbocycles. The van der Waals surface area contributed by atoms with Crippen LogP contribution in [0.1, 0.15) is 19.8 Å². The highest BCUT2D eigenvalue weighted by Gasteiger charge is 2.16. The van der Waals surface area contributed by atoms with Gasteiger partial charge in [-0.2, -0.15) is 0 Å². The Balaban J connectivity index is 0.00000121. The second-order valence-electron chi connectivity index (χ2n) is 3.51. The second kappa shape index (κ2) is 5.12. The molecule has 0 amide bonds. The summed E-state index contributed by atoms with van der Waals surface area (Å²) in [6.07, 6.45) is 11.4. The van der Waals surface area contributed by atoms with Gasteiger partial charge in [0.05, 0.1) is 19.8 Å². The van der Waals surface area contributed by atoms with Crippen LogP contribution in [0.25, 0.3) is 0 Å². The summed E-state index contributed by atoms with van der Waals surface area (Å²) in [5.74, 6) is 0. The van der Waals surface area contributed by atoms with Crippen molar-refractivity contribution in [1.82, 2.24) is 0 Å². The van der Waals surface area contributed by atoms with E-state index in [-0.39, 0.29) is 5.48 Å². The normalized spacial score (nSPS) is 26.8. The maximum atomic E-state index is 2.29. The second-order valence-corrected chi connectivity index (χ2v) is 3.51. The molecular weight excluding hydrogens is 150 g/mol. The van der Waals surface area contributed by atoms with Crippen LogP contribution in [0.15, 0.2) is 24.4 Å². The summed E-state index contributed by atoms with van der Waals surface area (Å²) < 4.78 is 1.09. The number of likely N-dealkylation sites (N-methyl/N-ethyl adjacent to an activating group) is 1. The van der Waals surface area contributed by atoms with E-state index in [2.05, 4.69) is 38.4 Å². The van der Waals surface area contributed by atoms with Gasteiger partial charge in [-0.1, -0.05) is 19.4 Å². The highest BCUT2D eigenvalue weighted by molar-refractivity contribution is 5.03. The molecule has 0 aromatic rings. The van der Waals surface area contributed by atoms with Crippen LogP contribution in [0.5, 0.6) is 0 Å². The minimum atomic E-state index is 0. The first-order chi connectivity index (χ1) is 5.27. The summed E-state index contributed by atoms with van der Waals surface area (Å²) >= 11 is 0. The first-order valence-electron chi connectivity index (χ1n) is 4.45. The molecule has 2 heteroatoms. The van der Waals surface area contributed by atoms with Crippen molar-refractivity contribution in [3.8, 4) is 0 Å². The minimum absolute atomic E-state index is 0. The Hall–Kier alpha value is -0.600. The lowest BCUT2D eigenvalue weighted by Gasteiger charge is -2.30. The molecule has 70 valence electrons. The molecule has 0 fully saturated rings. The van der Waals surface area contributed by atoms with Gasteiger partial charge in [-0.3, -0.25) is 4.48 Å². The predicted octanol–water partition coefficient (Wildman–Crippen LogP) is 2.14. The standard InChI is InChI=1S/C10H18N.H2O/c1-3-4-8-11(2)9-6-5-7-10-11;/h5-7,9H,3-4,8,10H2,1-2H3;1H2/q+1;/p-1. The molecule has 1 unspecified atom stereocenters. The molecule has 1 aliphatic rings. The van der Waals surface area contributed by atoms with Crippen molar-refractivity contribution in [2.45, 2.75) is 19.8 Å². The molecule has 1 aliphatic heterocycles. The zero-order chi connectivity index (χ0) is 8.16. The number of allylic oxidation sites excluding steroid dienone is 2. The number of hydrogen-bond donors (Lipinski definition) is 0. The number of quaternary nitrogens is 1. The van der Waals surface area contributed by atoms with E-state index in [4.69, 9.17) is 0 Å². The van der Waals surface area contributed by atoms with Crippen molar-refractivity contribution in [1.29, 1.82) is 0 Å². The van der Waals surface area contributed by atoms with Crippen LogP contribution in [0.3, 0.4) is 0 Å². The molecule has 0 saturated heterocycles. The first-order valence-corrected chi connectivity index (χ1v) is 4.45. The van der Waals surface area contributed by atoms with E-state index in [1.54, 1.807) is 0 Å². The number of unbranched alkanes of at least 4 members (excludes halogenated alkanes) is 1. The van der Waals surface area contributed by atoms with Crippen LogP contribution in [-0.4, -0.2) is 30.1 Å². The fourth-order valence-electron chi connectivity index (χ4n) is 1.38. The summed E-state index contributed by atoms with van der Waals surface area (Å²) in [7, 11) is 2.29. The van der Waals surface area contributed by atoms with Gasteiger partial charge in [-0.25, -0.2) is 0 Å². The van der Waals surface area contributed by atoms with Gasteiger partial charge in [0.15, 0.2) is 0 Å². The van der Waals surface area contributed by atoms with Gasteiger partial charge in [0.2, 0.25) is 0 Å². The third-order valence-corrected chi connectivity index (χ3v) is 2.24. The van der Waals surface area contributed by atoms with Crippen molar-refractivity contribution in [2.24, 2.45) is 0 Å². The Bertz CT molecular complexity index is 175. The summed E-state index contributed by atoms with van der Waals surface area (Å²) in [5, 5.41) is 0. The lowest BCUT2D eigenvalue weighted by molar-refractivity contribution is -0.854. The maximum Gasteiger partial charge on any atom is 0.102 e. The van der Waals surface area contributed by atoms with Gasteiger partial charge in [0, 0.05) is 0 Å². The summed E-state index contributed by atoms with van der Waals surface area (Å²) in [6, 6.07) is 0. The molecule has 0 saturated carbocycles. The van der Waals surface area contributed by atoms with E-state index in [1.165, 1.54) is 19.4 Å². The molecule has 0 bridgehead atoms. The third-order valence-electron chi connectivity index (χ3n) is 2.24. The van der Waals surface area contributed by atoms with E-state index < -0.39 is 0 Å². The van der Waals surface area contributed by atoms with Crippen LogP contribution < -0.4 is 0 Å². The molecule has 12 heavy (non-hydrogen) atoms. The van der Waals surface area contributed by atoms with Gasteiger partial charge in [-0.15, -0.1) is 0 Å². The number of rotatable bonds is 3. The lowest BCUT2D eigenvalue weighted by atomic mass is 10.2. The van der Waals surface area contributed by atoms with Crippen LogP contribution in [0, 0.1) is 0 Å². The molecule has 0 aliphatic carbocycles. The van der Waals surface area contributed by atoms with Crippen molar-refractivity contribution in [2.75, 3.05) is 20.1 Å². The number of nitrogens with zero attached hydrogens (tertiary/aromatic N) is 1. The van der Waals surface area contributed by atoms with Crippen LogP contribution in [0.2, 0.25) is 0 Å². The molecule has 1 rings (SSSR count). The van der Waals surface area contributed by atoms with Gasteiger partial charge in [0.25, 0.3) is 0 Å². The molecule has 0 aromatic heterocycles. The largest absolute Gasteiger partial charge is 0.870 e. The minimum Gasteiger partial charge on any atom is -0.870 e. The zero-order valence-electron chi connectivity index (χ0n) is 8.03. The van der Waals surface area contributed by atoms with E-state index in [0.29, 0.717) is 0 Å². The maximum absolute atomic E-state index is 2.29. The molecule has 1 N–H and O–H groups in total. The summed E-state index contributed by atoms with van der Waals surface area (Å²) in [5.41, 5.74) is 0. The monoisotopic (exact) mass is 169 g/mol. The molecule has 1 atom stereocenters. The van der Waals surface area contributed by atoms with Crippen molar-refractivity contribution in [3.63, 3.8) is 0 Å². The van der Waals surface area contributed by atoms with E-state index in [9.17, 15) is 0 Å². The lowest BCUT2D eigenvalue weighted by Crippen LogP contribution is -2.40. The quantitative estimate of drug-likeness (QED) is 0.595. The fraction of sp³-hybridized carbons (Fsp3) is 0.600. The predicted molar refractivity (Wildman–Crippen MR) is 51.0 cm³/mol. The fourth-order valence-corrected chi connectivity index (χ4v) is 1.38. The van der Waals surface area contributed by atoms with Crippen molar-refractivity contribution < 1.29 is 9.96 Å². The van der Waals surface area contributed by atoms with Gasteiger partial charge in [-0.05, 0) is 18.6 Å². The van der Waals surface area contributed by atoms with Gasteiger partial charge in [0.1, 0.15) is 6.54 Å². The number of hydrogen-bond acceptors (Lipinski definition) is 1. The third kappa shape index (κ3) is 3.20. The highest BCUT2D eigenvalue weighted by Crippen LogP contribution is 2.10. The Kier molecular flexibility index (Phi) is 4.86. The highest BCUT2D eigenvalue weighted by atomic mass is 16.0. The smallest absolute Gasteiger partial charge is 0.102 e. The molecule has 0 radical (unpaired) electrons. The van der Waals surface area contributed by atoms with E-state index in [1.807, 2.05) is 0 Å². The average molecular weight is 169 g/mol. The van der Waals surface area contributed by atoms with Crippen molar-refractivity contribution in [3.05, 3.63) is 24.4 Å². The van der Waals surface area contributed by atoms with Gasteiger partial charge < -0.3 is 5.48 Å². The van der Waals surface area contributed by atoms with E-state index >= 15 is 0 Å². The molecule has 1 heterocycles. The SMILES string of the molecule is CCCC[N+]1(C)C=CC=CC1.[OH-]. The average Bonchev–Trinajstić information content (AvgIpc) is 2.03. The topological polar surface area (TPSA) is 30.0 Å². The Morgan fingerprint density at radius 3 is 2.58 bits per heavy atom. The van der Waals surface area contributed by atoms with Crippen LogP contribution in [0.4, 0.5) is 0 Å². The molecule has 0 spiro atoms. The van der Waals surface area contributed by atoms with Crippen LogP contribution in [-0.2, 0) is 0 Å².